The molecule has 0 bridgehead atoms. The van der Waals surface area contributed by atoms with Crippen LogP contribution in [-0.4, -0.2) is 19.1 Å². The molecule has 1 aromatic carbocycles. The van der Waals surface area contributed by atoms with Crippen molar-refractivity contribution in [1.82, 2.24) is 10.6 Å². The zero-order chi connectivity index (χ0) is 13.5. The Kier molecular flexibility index (Phi) is 6.15. The highest BCUT2D eigenvalue weighted by Gasteiger charge is 2.09. The molecule has 0 fully saturated rings. The van der Waals surface area contributed by atoms with Gasteiger partial charge in [0.05, 0.1) is 0 Å². The zero-order valence-corrected chi connectivity index (χ0v) is 10.7. The lowest BCUT2D eigenvalue weighted by molar-refractivity contribution is 0.444. The van der Waals surface area contributed by atoms with Crippen molar-refractivity contribution >= 4 is 0 Å². The van der Waals surface area contributed by atoms with Crippen LogP contribution in [0.1, 0.15) is 25.8 Å². The first-order valence-electron chi connectivity index (χ1n) is 6.08. The second-order valence-electron chi connectivity index (χ2n) is 4.51. The summed E-state index contributed by atoms with van der Waals surface area (Å²) in [5.74, 6) is -3.71. The summed E-state index contributed by atoms with van der Waals surface area (Å²) in [6.07, 6.45) is 0.921. The highest BCUT2D eigenvalue weighted by molar-refractivity contribution is 5.19. The van der Waals surface area contributed by atoms with E-state index in [1.165, 1.54) is 0 Å². The number of hydrogen-bond donors (Lipinski definition) is 2. The van der Waals surface area contributed by atoms with Crippen molar-refractivity contribution in [2.45, 2.75) is 32.9 Å². The van der Waals surface area contributed by atoms with Crippen molar-refractivity contribution in [2.75, 3.05) is 13.1 Å². The summed E-state index contributed by atoms with van der Waals surface area (Å²) in [4.78, 5) is 0. The molecular weight excluding hydrogens is 241 g/mol. The van der Waals surface area contributed by atoms with Crippen molar-refractivity contribution in [3.8, 4) is 0 Å². The SMILES string of the molecule is CC(C)NCCCNCc1cc(F)c(F)c(F)c1. The van der Waals surface area contributed by atoms with Gasteiger partial charge in [-0.25, -0.2) is 13.2 Å². The first-order valence-corrected chi connectivity index (χ1v) is 6.08. The maximum Gasteiger partial charge on any atom is 0.194 e. The number of rotatable bonds is 7. The van der Waals surface area contributed by atoms with Crippen LogP contribution in [0.2, 0.25) is 0 Å². The molecule has 0 aliphatic rings. The minimum Gasteiger partial charge on any atom is -0.314 e. The van der Waals surface area contributed by atoms with Gasteiger partial charge in [0, 0.05) is 12.6 Å². The van der Waals surface area contributed by atoms with Crippen molar-refractivity contribution < 1.29 is 13.2 Å². The highest BCUT2D eigenvalue weighted by Crippen LogP contribution is 2.13. The van der Waals surface area contributed by atoms with Crippen molar-refractivity contribution in [3.05, 3.63) is 35.1 Å². The van der Waals surface area contributed by atoms with Crippen LogP contribution in [0.3, 0.4) is 0 Å². The molecule has 2 nitrogen and oxygen atoms in total. The molecule has 0 amide bonds. The van der Waals surface area contributed by atoms with E-state index in [0.717, 1.165) is 31.6 Å². The Morgan fingerprint density at radius 2 is 1.67 bits per heavy atom. The standard InChI is InChI=1S/C13H19F3N2/c1-9(2)18-5-3-4-17-8-10-6-11(14)13(16)12(15)7-10/h6-7,9,17-18H,3-5,8H2,1-2H3. The molecule has 18 heavy (non-hydrogen) atoms. The van der Waals surface area contributed by atoms with E-state index in [0.29, 0.717) is 18.2 Å². The molecule has 0 spiro atoms. The molecule has 0 saturated carbocycles. The molecule has 1 aromatic rings. The van der Waals surface area contributed by atoms with Crippen LogP contribution in [0.5, 0.6) is 0 Å². The van der Waals surface area contributed by atoms with E-state index in [2.05, 4.69) is 24.5 Å². The maximum atomic E-state index is 12.9. The summed E-state index contributed by atoms with van der Waals surface area (Å²) in [5, 5.41) is 6.31. The Morgan fingerprint density at radius 3 is 2.22 bits per heavy atom. The minimum atomic E-state index is -1.42. The fourth-order valence-electron chi connectivity index (χ4n) is 1.55. The van der Waals surface area contributed by atoms with E-state index in [1.54, 1.807) is 0 Å². The predicted octanol–water partition coefficient (Wildman–Crippen LogP) is 2.58. The van der Waals surface area contributed by atoms with Gasteiger partial charge >= 0.3 is 0 Å². The Hall–Kier alpha value is -1.07. The highest BCUT2D eigenvalue weighted by atomic mass is 19.2. The fraction of sp³-hybridized carbons (Fsp3) is 0.538. The Labute approximate surface area is 106 Å². The summed E-state index contributed by atoms with van der Waals surface area (Å²) < 4.78 is 38.5. The van der Waals surface area contributed by atoms with Gasteiger partial charge in [0.1, 0.15) is 0 Å². The van der Waals surface area contributed by atoms with Crippen molar-refractivity contribution in [3.63, 3.8) is 0 Å². The maximum absolute atomic E-state index is 12.9. The van der Waals surface area contributed by atoms with Crippen LogP contribution < -0.4 is 10.6 Å². The fourth-order valence-corrected chi connectivity index (χ4v) is 1.55. The molecule has 2 N–H and O–H groups in total. The Bertz CT molecular complexity index is 357. The van der Waals surface area contributed by atoms with Gasteiger partial charge in [-0.3, -0.25) is 0 Å². The van der Waals surface area contributed by atoms with Crippen LogP contribution in [0, 0.1) is 17.5 Å². The molecule has 5 heteroatoms. The lowest BCUT2D eigenvalue weighted by Gasteiger charge is -2.09. The summed E-state index contributed by atoms with van der Waals surface area (Å²) in [6.45, 7) is 6.09. The van der Waals surface area contributed by atoms with Crippen molar-refractivity contribution in [1.29, 1.82) is 0 Å². The van der Waals surface area contributed by atoms with Crippen molar-refractivity contribution in [2.24, 2.45) is 0 Å². The molecule has 0 aliphatic carbocycles. The summed E-state index contributed by atoms with van der Waals surface area (Å²) in [5.41, 5.74) is 0.406. The predicted molar refractivity (Wildman–Crippen MR) is 65.8 cm³/mol. The second-order valence-corrected chi connectivity index (χ2v) is 4.51. The van der Waals surface area contributed by atoms with Crippen LogP contribution >= 0.6 is 0 Å². The molecule has 0 atom stereocenters. The molecule has 1 rings (SSSR count). The molecule has 0 heterocycles. The van der Waals surface area contributed by atoms with Gasteiger partial charge in [-0.1, -0.05) is 13.8 Å². The Morgan fingerprint density at radius 1 is 1.06 bits per heavy atom. The van der Waals surface area contributed by atoms with Gasteiger partial charge in [-0.2, -0.15) is 0 Å². The van der Waals surface area contributed by atoms with Gasteiger partial charge in [-0.05, 0) is 37.2 Å². The molecule has 0 saturated heterocycles. The first kappa shape index (κ1) is 15.0. The third kappa shape index (κ3) is 5.06. The third-order valence-electron chi connectivity index (χ3n) is 2.46. The third-order valence-corrected chi connectivity index (χ3v) is 2.46. The topological polar surface area (TPSA) is 24.1 Å². The normalized spacial score (nSPS) is 11.2. The Balaban J connectivity index is 2.27. The molecule has 102 valence electrons. The first-order chi connectivity index (χ1) is 8.50. The summed E-state index contributed by atoms with van der Waals surface area (Å²) >= 11 is 0. The lowest BCUT2D eigenvalue weighted by Crippen LogP contribution is -2.26. The second kappa shape index (κ2) is 7.38. The minimum absolute atomic E-state index is 0.329. The molecule has 0 aromatic heterocycles. The van der Waals surface area contributed by atoms with Crippen LogP contribution in [0.25, 0.3) is 0 Å². The van der Waals surface area contributed by atoms with Gasteiger partial charge in [0.2, 0.25) is 0 Å². The lowest BCUT2D eigenvalue weighted by atomic mass is 10.2. The van der Waals surface area contributed by atoms with Crippen LogP contribution in [-0.2, 0) is 6.54 Å². The molecular formula is C13H19F3N2. The number of benzene rings is 1. The summed E-state index contributed by atoms with van der Waals surface area (Å²) in [7, 11) is 0. The van der Waals surface area contributed by atoms with Crippen LogP contribution in [0.4, 0.5) is 13.2 Å². The van der Waals surface area contributed by atoms with E-state index in [9.17, 15) is 13.2 Å². The zero-order valence-electron chi connectivity index (χ0n) is 10.7. The van der Waals surface area contributed by atoms with E-state index in [4.69, 9.17) is 0 Å². The molecule has 0 radical (unpaired) electrons. The van der Waals surface area contributed by atoms with E-state index < -0.39 is 17.5 Å². The monoisotopic (exact) mass is 260 g/mol. The average molecular weight is 260 g/mol. The quantitative estimate of drug-likeness (QED) is 0.581. The van der Waals surface area contributed by atoms with Gasteiger partial charge in [0.15, 0.2) is 17.5 Å². The number of halogens is 3. The molecule has 0 unspecified atom stereocenters. The van der Waals surface area contributed by atoms with Gasteiger partial charge in [-0.15, -0.1) is 0 Å². The number of nitrogens with one attached hydrogen (secondary N) is 2. The van der Waals surface area contributed by atoms with E-state index in [-0.39, 0.29) is 0 Å². The summed E-state index contributed by atoms with van der Waals surface area (Å²) in [6, 6.07) is 2.47. The number of hydrogen-bond acceptors (Lipinski definition) is 2. The van der Waals surface area contributed by atoms with Gasteiger partial charge < -0.3 is 10.6 Å². The van der Waals surface area contributed by atoms with Gasteiger partial charge in [0.25, 0.3) is 0 Å². The van der Waals surface area contributed by atoms with E-state index >= 15 is 0 Å². The van der Waals surface area contributed by atoms with E-state index in [1.807, 2.05) is 0 Å². The molecule has 0 aliphatic heterocycles. The largest absolute Gasteiger partial charge is 0.314 e. The smallest absolute Gasteiger partial charge is 0.194 e. The average Bonchev–Trinajstić information content (AvgIpc) is 2.30. The van der Waals surface area contributed by atoms with Crippen LogP contribution in [0.15, 0.2) is 12.1 Å².